The molecule has 1 aliphatic rings. The van der Waals surface area contributed by atoms with Crippen molar-refractivity contribution < 1.29 is 19.5 Å². The molecule has 0 bridgehead atoms. The molecule has 130 valence electrons. The minimum absolute atomic E-state index is 0.0749. The summed E-state index contributed by atoms with van der Waals surface area (Å²) in [5, 5.41) is 14.5. The zero-order chi connectivity index (χ0) is 17.9. The maximum atomic E-state index is 12.4. The first-order chi connectivity index (χ1) is 11.3. The average Bonchev–Trinajstić information content (AvgIpc) is 2.46. The molecular formula is C18H24N2O4. The van der Waals surface area contributed by atoms with Gasteiger partial charge >= 0.3 is 5.97 Å². The summed E-state index contributed by atoms with van der Waals surface area (Å²) < 4.78 is 0. The number of rotatable bonds is 6. The minimum atomic E-state index is -0.825. The second-order valence-corrected chi connectivity index (χ2v) is 6.78. The molecule has 0 radical (unpaired) electrons. The Kier molecular flexibility index (Phi) is 5.59. The molecule has 0 aliphatic heterocycles. The number of amides is 2. The molecule has 1 aromatic carbocycles. The molecule has 1 aliphatic carbocycles. The van der Waals surface area contributed by atoms with Crippen LogP contribution in [0.25, 0.3) is 0 Å². The lowest BCUT2D eigenvalue weighted by molar-refractivity contribution is -0.146. The van der Waals surface area contributed by atoms with E-state index >= 15 is 0 Å². The third kappa shape index (κ3) is 4.34. The van der Waals surface area contributed by atoms with E-state index in [1.165, 1.54) is 0 Å². The summed E-state index contributed by atoms with van der Waals surface area (Å²) in [5.74, 6) is -1.83. The largest absolute Gasteiger partial charge is 0.481 e. The predicted molar refractivity (Wildman–Crippen MR) is 89.6 cm³/mol. The zero-order valence-electron chi connectivity index (χ0n) is 14.2. The summed E-state index contributed by atoms with van der Waals surface area (Å²) in [6.07, 6.45) is 0.884. The summed E-state index contributed by atoms with van der Waals surface area (Å²) in [5.41, 5.74) is 1.49. The van der Waals surface area contributed by atoms with Gasteiger partial charge < -0.3 is 15.7 Å². The van der Waals surface area contributed by atoms with E-state index in [0.29, 0.717) is 18.4 Å². The fraction of sp³-hybridized carbons (Fsp3) is 0.500. The number of hydrogen-bond acceptors (Lipinski definition) is 3. The van der Waals surface area contributed by atoms with E-state index in [2.05, 4.69) is 10.6 Å². The van der Waals surface area contributed by atoms with Crippen molar-refractivity contribution >= 4 is 17.8 Å². The summed E-state index contributed by atoms with van der Waals surface area (Å²) in [4.78, 5) is 35.6. The van der Waals surface area contributed by atoms with Crippen molar-refractivity contribution in [1.82, 2.24) is 10.6 Å². The van der Waals surface area contributed by atoms with Crippen LogP contribution in [0.5, 0.6) is 0 Å². The number of carbonyl (C=O) groups excluding carboxylic acids is 2. The van der Waals surface area contributed by atoms with Gasteiger partial charge in [-0.2, -0.15) is 0 Å². The maximum Gasteiger partial charge on any atom is 0.306 e. The molecule has 1 atom stereocenters. The van der Waals surface area contributed by atoms with Crippen molar-refractivity contribution in [2.45, 2.75) is 45.7 Å². The van der Waals surface area contributed by atoms with E-state index in [0.717, 1.165) is 5.56 Å². The number of aliphatic carboxylic acids is 1. The molecule has 2 amide bonds. The molecule has 3 N–H and O–H groups in total. The summed E-state index contributed by atoms with van der Waals surface area (Å²) in [6, 6.07) is 6.40. The Morgan fingerprint density at radius 2 is 1.88 bits per heavy atom. The van der Waals surface area contributed by atoms with Gasteiger partial charge in [-0.3, -0.25) is 14.4 Å². The number of hydrogen-bond donors (Lipinski definition) is 3. The molecule has 1 aromatic rings. The lowest BCUT2D eigenvalue weighted by Gasteiger charge is -2.34. The lowest BCUT2D eigenvalue weighted by atomic mass is 9.80. The van der Waals surface area contributed by atoms with Crippen LogP contribution in [0.3, 0.4) is 0 Å². The molecule has 6 nitrogen and oxygen atoms in total. The number of aryl methyl sites for hydroxylation is 1. The minimum Gasteiger partial charge on any atom is -0.481 e. The second-order valence-electron chi connectivity index (χ2n) is 6.78. The Hall–Kier alpha value is -2.37. The van der Waals surface area contributed by atoms with Crippen LogP contribution in [-0.4, -0.2) is 35.0 Å². The molecule has 0 heterocycles. The van der Waals surface area contributed by atoms with Crippen LogP contribution in [0.2, 0.25) is 0 Å². The van der Waals surface area contributed by atoms with Crippen LogP contribution in [-0.2, 0) is 9.59 Å². The van der Waals surface area contributed by atoms with Crippen molar-refractivity contribution in [3.63, 3.8) is 0 Å². The van der Waals surface area contributed by atoms with Gasteiger partial charge in [0.2, 0.25) is 5.91 Å². The molecule has 0 saturated heterocycles. The first-order valence-corrected chi connectivity index (χ1v) is 8.18. The Morgan fingerprint density at radius 3 is 2.42 bits per heavy atom. The molecule has 1 fully saturated rings. The van der Waals surface area contributed by atoms with Crippen LogP contribution < -0.4 is 10.6 Å². The molecule has 0 spiro atoms. The predicted octanol–water partition coefficient (Wildman–Crippen LogP) is 1.73. The fourth-order valence-electron chi connectivity index (χ4n) is 2.77. The first kappa shape index (κ1) is 18.0. The Bertz CT molecular complexity index is 636. The van der Waals surface area contributed by atoms with Crippen LogP contribution >= 0.6 is 0 Å². The smallest absolute Gasteiger partial charge is 0.306 e. The molecular weight excluding hydrogens is 308 g/mol. The normalized spacial score (nSPS) is 20.8. The summed E-state index contributed by atoms with van der Waals surface area (Å²) in [6.45, 7) is 5.63. The Balaban J connectivity index is 1.95. The average molecular weight is 332 g/mol. The van der Waals surface area contributed by atoms with E-state index in [9.17, 15) is 14.4 Å². The number of carbonyl (C=O) groups is 3. The molecule has 1 unspecified atom stereocenters. The molecule has 24 heavy (non-hydrogen) atoms. The van der Waals surface area contributed by atoms with E-state index in [1.807, 2.05) is 26.8 Å². The van der Waals surface area contributed by atoms with E-state index < -0.39 is 12.0 Å². The van der Waals surface area contributed by atoms with E-state index in [4.69, 9.17) is 5.11 Å². The first-order valence-electron chi connectivity index (χ1n) is 8.18. The summed E-state index contributed by atoms with van der Waals surface area (Å²) in [7, 11) is 0. The SMILES string of the molecule is Cc1cccc(C(=O)NC(C(=O)NC2CC(C(=O)O)C2)C(C)C)c1. The van der Waals surface area contributed by atoms with Crippen molar-refractivity contribution in [2.24, 2.45) is 11.8 Å². The number of benzene rings is 1. The topological polar surface area (TPSA) is 95.5 Å². The Morgan fingerprint density at radius 1 is 1.21 bits per heavy atom. The third-order valence-corrected chi connectivity index (χ3v) is 4.35. The summed E-state index contributed by atoms with van der Waals surface area (Å²) >= 11 is 0. The van der Waals surface area contributed by atoms with Gasteiger partial charge in [-0.1, -0.05) is 31.5 Å². The molecule has 1 saturated carbocycles. The van der Waals surface area contributed by atoms with Gasteiger partial charge in [0.25, 0.3) is 5.91 Å². The molecule has 2 rings (SSSR count). The van der Waals surface area contributed by atoms with Gasteiger partial charge in [0.1, 0.15) is 6.04 Å². The van der Waals surface area contributed by atoms with Crippen molar-refractivity contribution in [2.75, 3.05) is 0 Å². The highest BCUT2D eigenvalue weighted by Gasteiger charge is 2.37. The van der Waals surface area contributed by atoms with Gasteiger partial charge in [-0.15, -0.1) is 0 Å². The fourth-order valence-corrected chi connectivity index (χ4v) is 2.77. The van der Waals surface area contributed by atoms with Gasteiger partial charge in [-0.25, -0.2) is 0 Å². The van der Waals surface area contributed by atoms with E-state index in [-0.39, 0.29) is 29.7 Å². The number of carboxylic acid groups (broad SMARTS) is 1. The second kappa shape index (κ2) is 7.47. The van der Waals surface area contributed by atoms with Crippen LogP contribution in [0.15, 0.2) is 24.3 Å². The third-order valence-electron chi connectivity index (χ3n) is 4.35. The van der Waals surface area contributed by atoms with Crippen LogP contribution in [0.4, 0.5) is 0 Å². The standard InChI is InChI=1S/C18H24N2O4/c1-10(2)15(17(22)19-14-8-13(9-14)18(23)24)20-16(21)12-6-4-5-11(3)7-12/h4-7,10,13-15H,8-9H2,1-3H3,(H,19,22)(H,20,21)(H,23,24). The quantitative estimate of drug-likeness (QED) is 0.739. The highest BCUT2D eigenvalue weighted by molar-refractivity contribution is 5.97. The van der Waals surface area contributed by atoms with Crippen LogP contribution in [0, 0.1) is 18.8 Å². The maximum absolute atomic E-state index is 12.4. The van der Waals surface area contributed by atoms with Crippen molar-refractivity contribution in [3.05, 3.63) is 35.4 Å². The number of carboxylic acids is 1. The number of nitrogens with one attached hydrogen (secondary N) is 2. The molecule has 6 heteroatoms. The van der Waals surface area contributed by atoms with Crippen molar-refractivity contribution in [3.8, 4) is 0 Å². The van der Waals surface area contributed by atoms with E-state index in [1.54, 1.807) is 18.2 Å². The van der Waals surface area contributed by atoms with Crippen molar-refractivity contribution in [1.29, 1.82) is 0 Å². The van der Waals surface area contributed by atoms with Gasteiger partial charge in [-0.05, 0) is 37.8 Å². The van der Waals surface area contributed by atoms with Gasteiger partial charge in [0.15, 0.2) is 0 Å². The highest BCUT2D eigenvalue weighted by Crippen LogP contribution is 2.27. The van der Waals surface area contributed by atoms with Gasteiger partial charge in [0.05, 0.1) is 5.92 Å². The lowest BCUT2D eigenvalue weighted by Crippen LogP contribution is -2.55. The van der Waals surface area contributed by atoms with Gasteiger partial charge in [0, 0.05) is 11.6 Å². The highest BCUT2D eigenvalue weighted by atomic mass is 16.4. The Labute approximate surface area is 141 Å². The zero-order valence-corrected chi connectivity index (χ0v) is 14.2. The van der Waals surface area contributed by atoms with Crippen LogP contribution in [0.1, 0.15) is 42.6 Å². The monoisotopic (exact) mass is 332 g/mol. The molecule has 0 aromatic heterocycles.